The summed E-state index contributed by atoms with van der Waals surface area (Å²) in [4.78, 5) is 30.4. The number of carbonyl (C=O) groups excluding carboxylic acids is 2. The van der Waals surface area contributed by atoms with Crippen molar-refractivity contribution in [3.05, 3.63) is 87.5 Å². The molecule has 0 amide bonds. The zero-order chi connectivity index (χ0) is 21.3. The van der Waals surface area contributed by atoms with Crippen LogP contribution in [0.1, 0.15) is 49.7 Å². The molecular weight excluding hydrogens is 400 g/mol. The van der Waals surface area contributed by atoms with Gasteiger partial charge in [0.15, 0.2) is 5.78 Å². The van der Waals surface area contributed by atoms with E-state index in [2.05, 4.69) is 10.3 Å². The second-order valence-electron chi connectivity index (χ2n) is 7.58. The molecule has 2 atom stereocenters. The third kappa shape index (κ3) is 3.77. The number of allylic oxidation sites excluding steroid dienone is 3. The summed E-state index contributed by atoms with van der Waals surface area (Å²) in [5.74, 6) is -0.789. The van der Waals surface area contributed by atoms with Crippen LogP contribution in [0.3, 0.4) is 0 Å². The van der Waals surface area contributed by atoms with Crippen LogP contribution in [0.25, 0.3) is 0 Å². The molecule has 0 fully saturated rings. The molecule has 0 radical (unpaired) electrons. The van der Waals surface area contributed by atoms with Crippen molar-refractivity contribution in [2.45, 2.75) is 38.5 Å². The molecule has 2 heterocycles. The highest BCUT2D eigenvalue weighted by molar-refractivity contribution is 6.30. The molecule has 0 saturated carbocycles. The number of Topliss-reactive ketones (excluding diaryl/α,β-unsaturated/α-hetero) is 1. The molecule has 1 aliphatic heterocycles. The number of esters is 1. The lowest BCUT2D eigenvalue weighted by Gasteiger charge is -2.36. The standard InChI is InChI=1S/C24H23ClN2O3/c1-3-30-24(29)21-14(2)27-19-11-17(15-6-8-18(25)9-7-15)12-20(28)23(19)22(21)16-5-4-10-26-13-16/h4-10,13,17,22,27H,3,11-12H2,1-2H3. The number of rotatable bonds is 4. The van der Waals surface area contributed by atoms with Crippen molar-refractivity contribution < 1.29 is 14.3 Å². The van der Waals surface area contributed by atoms with Crippen molar-refractivity contribution in [3.8, 4) is 0 Å². The van der Waals surface area contributed by atoms with Gasteiger partial charge in [-0.15, -0.1) is 0 Å². The van der Waals surface area contributed by atoms with Gasteiger partial charge in [-0.3, -0.25) is 9.78 Å². The molecular formula is C24H23ClN2O3. The lowest BCUT2D eigenvalue weighted by molar-refractivity contribution is -0.138. The maximum Gasteiger partial charge on any atom is 0.336 e. The molecule has 1 aliphatic carbocycles. The summed E-state index contributed by atoms with van der Waals surface area (Å²) in [6, 6.07) is 11.4. The lowest BCUT2D eigenvalue weighted by Crippen LogP contribution is -2.36. The fraction of sp³-hybridized carbons (Fsp3) is 0.292. The predicted octanol–water partition coefficient (Wildman–Crippen LogP) is 4.66. The number of hydrogen-bond donors (Lipinski definition) is 1. The van der Waals surface area contributed by atoms with Gasteiger partial charge in [0.1, 0.15) is 0 Å². The Hall–Kier alpha value is -2.92. The Bertz CT molecular complexity index is 1040. The Kier molecular flexibility index (Phi) is 5.73. The number of halogens is 1. The molecule has 4 rings (SSSR count). The van der Waals surface area contributed by atoms with Crippen molar-refractivity contribution in [1.82, 2.24) is 10.3 Å². The van der Waals surface area contributed by atoms with Crippen LogP contribution in [0.2, 0.25) is 5.02 Å². The van der Waals surface area contributed by atoms with E-state index >= 15 is 0 Å². The lowest BCUT2D eigenvalue weighted by atomic mass is 9.72. The highest BCUT2D eigenvalue weighted by Crippen LogP contribution is 2.45. The van der Waals surface area contributed by atoms with Gasteiger partial charge in [0.05, 0.1) is 12.2 Å². The number of dihydropyridines is 1. The van der Waals surface area contributed by atoms with Gasteiger partial charge in [-0.2, -0.15) is 0 Å². The van der Waals surface area contributed by atoms with Gasteiger partial charge in [-0.05, 0) is 55.5 Å². The van der Waals surface area contributed by atoms with Gasteiger partial charge in [-0.1, -0.05) is 29.8 Å². The predicted molar refractivity (Wildman–Crippen MR) is 115 cm³/mol. The summed E-state index contributed by atoms with van der Waals surface area (Å²) >= 11 is 6.02. The number of nitrogens with zero attached hydrogens (tertiary/aromatic N) is 1. The molecule has 1 aromatic carbocycles. The van der Waals surface area contributed by atoms with Gasteiger partial charge >= 0.3 is 5.97 Å². The van der Waals surface area contributed by atoms with E-state index in [9.17, 15) is 9.59 Å². The van der Waals surface area contributed by atoms with E-state index < -0.39 is 11.9 Å². The zero-order valence-electron chi connectivity index (χ0n) is 16.9. The fourth-order valence-electron chi connectivity index (χ4n) is 4.37. The van der Waals surface area contributed by atoms with Gasteiger partial charge in [0, 0.05) is 46.7 Å². The number of benzene rings is 1. The molecule has 2 aliphatic rings. The molecule has 2 unspecified atom stereocenters. The number of aromatic nitrogens is 1. The largest absolute Gasteiger partial charge is 0.463 e. The second-order valence-corrected chi connectivity index (χ2v) is 8.01. The first-order chi connectivity index (χ1) is 14.5. The number of carbonyl (C=O) groups is 2. The maximum absolute atomic E-state index is 13.4. The van der Waals surface area contributed by atoms with Crippen LogP contribution in [-0.4, -0.2) is 23.3 Å². The molecule has 5 nitrogen and oxygen atoms in total. The van der Waals surface area contributed by atoms with E-state index in [-0.39, 0.29) is 18.3 Å². The van der Waals surface area contributed by atoms with Crippen LogP contribution < -0.4 is 5.32 Å². The Balaban J connectivity index is 1.77. The molecule has 154 valence electrons. The van der Waals surface area contributed by atoms with E-state index in [0.29, 0.717) is 34.7 Å². The summed E-state index contributed by atoms with van der Waals surface area (Å²) in [5.41, 5.74) is 4.59. The van der Waals surface area contributed by atoms with E-state index in [0.717, 1.165) is 16.8 Å². The number of ketones is 1. The first kappa shape index (κ1) is 20.4. The van der Waals surface area contributed by atoms with Crippen molar-refractivity contribution in [2.75, 3.05) is 6.61 Å². The van der Waals surface area contributed by atoms with Crippen LogP contribution >= 0.6 is 11.6 Å². The molecule has 0 bridgehead atoms. The Labute approximate surface area is 180 Å². The Morgan fingerprint density at radius 3 is 2.63 bits per heavy atom. The number of hydrogen-bond acceptors (Lipinski definition) is 5. The van der Waals surface area contributed by atoms with Gasteiger partial charge in [-0.25, -0.2) is 4.79 Å². The zero-order valence-corrected chi connectivity index (χ0v) is 17.7. The minimum atomic E-state index is -0.479. The van der Waals surface area contributed by atoms with Crippen LogP contribution in [0.15, 0.2) is 71.3 Å². The molecule has 2 aromatic rings. The number of pyridine rings is 1. The summed E-state index contributed by atoms with van der Waals surface area (Å²) in [7, 11) is 0. The summed E-state index contributed by atoms with van der Waals surface area (Å²) in [5, 5.41) is 4.01. The summed E-state index contributed by atoms with van der Waals surface area (Å²) in [6.45, 7) is 3.90. The van der Waals surface area contributed by atoms with Crippen molar-refractivity contribution >= 4 is 23.4 Å². The molecule has 30 heavy (non-hydrogen) atoms. The maximum atomic E-state index is 13.4. The molecule has 6 heteroatoms. The highest BCUT2D eigenvalue weighted by atomic mass is 35.5. The first-order valence-electron chi connectivity index (χ1n) is 10.1. The van der Waals surface area contributed by atoms with Gasteiger partial charge in [0.25, 0.3) is 0 Å². The third-order valence-electron chi connectivity index (χ3n) is 5.68. The van der Waals surface area contributed by atoms with E-state index in [1.165, 1.54) is 0 Å². The fourth-order valence-corrected chi connectivity index (χ4v) is 4.50. The van der Waals surface area contributed by atoms with Crippen LogP contribution in [0.5, 0.6) is 0 Å². The average molecular weight is 423 g/mol. The van der Waals surface area contributed by atoms with E-state index in [1.807, 2.05) is 43.3 Å². The van der Waals surface area contributed by atoms with Crippen molar-refractivity contribution in [3.63, 3.8) is 0 Å². The van der Waals surface area contributed by atoms with Gasteiger partial charge < -0.3 is 10.1 Å². The normalized spacial score (nSPS) is 21.2. The SMILES string of the molecule is CCOC(=O)C1=C(C)NC2=C(C(=O)CC(c3ccc(Cl)cc3)C2)C1c1cccnc1. The van der Waals surface area contributed by atoms with Crippen LogP contribution in [0.4, 0.5) is 0 Å². The summed E-state index contributed by atoms with van der Waals surface area (Å²) in [6.07, 6.45) is 4.46. The monoisotopic (exact) mass is 422 g/mol. The van der Waals surface area contributed by atoms with E-state index in [4.69, 9.17) is 16.3 Å². The number of ether oxygens (including phenoxy) is 1. The molecule has 0 saturated heterocycles. The molecule has 1 N–H and O–H groups in total. The average Bonchev–Trinajstić information content (AvgIpc) is 2.74. The quantitative estimate of drug-likeness (QED) is 0.726. The Morgan fingerprint density at radius 2 is 1.97 bits per heavy atom. The number of nitrogens with one attached hydrogen (secondary N) is 1. The smallest absolute Gasteiger partial charge is 0.336 e. The summed E-state index contributed by atoms with van der Waals surface area (Å²) < 4.78 is 5.32. The van der Waals surface area contributed by atoms with Crippen molar-refractivity contribution in [1.29, 1.82) is 0 Å². The first-order valence-corrected chi connectivity index (χ1v) is 10.4. The Morgan fingerprint density at radius 1 is 1.20 bits per heavy atom. The second kappa shape index (κ2) is 8.44. The minimum absolute atomic E-state index is 0.0341. The van der Waals surface area contributed by atoms with Gasteiger partial charge in [0.2, 0.25) is 0 Å². The molecule has 1 aromatic heterocycles. The third-order valence-corrected chi connectivity index (χ3v) is 5.93. The van der Waals surface area contributed by atoms with Crippen LogP contribution in [-0.2, 0) is 14.3 Å². The van der Waals surface area contributed by atoms with Crippen LogP contribution in [0, 0.1) is 0 Å². The van der Waals surface area contributed by atoms with E-state index in [1.54, 1.807) is 19.3 Å². The van der Waals surface area contributed by atoms with Crippen molar-refractivity contribution in [2.24, 2.45) is 0 Å². The molecule has 0 spiro atoms. The highest BCUT2D eigenvalue weighted by Gasteiger charge is 2.41. The minimum Gasteiger partial charge on any atom is -0.463 e. The topological polar surface area (TPSA) is 68.3 Å².